The van der Waals surface area contributed by atoms with Gasteiger partial charge in [-0.15, -0.1) is 0 Å². The number of aromatic nitrogens is 2. The monoisotopic (exact) mass is 277 g/mol. The number of benzene rings is 1. The van der Waals surface area contributed by atoms with E-state index >= 15 is 0 Å². The van der Waals surface area contributed by atoms with Gasteiger partial charge >= 0.3 is 0 Å². The third-order valence-corrected chi connectivity index (χ3v) is 3.59. The maximum absolute atomic E-state index is 13.8. The molecule has 1 fully saturated rings. The van der Waals surface area contributed by atoms with Gasteiger partial charge in [-0.1, -0.05) is 5.16 Å². The molecule has 3 rings (SSSR count). The van der Waals surface area contributed by atoms with E-state index in [9.17, 15) is 4.39 Å². The molecule has 1 atom stereocenters. The Morgan fingerprint density at radius 2 is 2.20 bits per heavy atom. The van der Waals surface area contributed by atoms with Gasteiger partial charge < -0.3 is 15.0 Å². The molecule has 1 aromatic heterocycles. The molecule has 0 aliphatic carbocycles. The average Bonchev–Trinajstić information content (AvgIpc) is 2.90. The average molecular weight is 277 g/mol. The first-order valence-corrected chi connectivity index (χ1v) is 6.62. The summed E-state index contributed by atoms with van der Waals surface area (Å²) in [6.07, 6.45) is 2.92. The molecule has 1 aliphatic rings. The second kappa shape index (κ2) is 4.86. The van der Waals surface area contributed by atoms with Gasteiger partial charge in [-0.3, -0.25) is 0 Å². The minimum atomic E-state index is -0.551. The molecule has 0 saturated carbocycles. The quantitative estimate of drug-likeness (QED) is 0.854. The molecule has 1 aromatic carbocycles. The lowest BCUT2D eigenvalue weighted by Crippen LogP contribution is -2.31. The van der Waals surface area contributed by atoms with Crippen LogP contribution in [0.1, 0.15) is 32.0 Å². The highest BCUT2D eigenvalue weighted by molar-refractivity contribution is 5.58. The van der Waals surface area contributed by atoms with Crippen molar-refractivity contribution < 1.29 is 13.7 Å². The van der Waals surface area contributed by atoms with Gasteiger partial charge in [0.1, 0.15) is 11.4 Å². The molecule has 0 radical (unpaired) electrons. The number of nitrogens with zero attached hydrogens (tertiary/aromatic N) is 2. The topological polar surface area (TPSA) is 74.2 Å². The van der Waals surface area contributed by atoms with E-state index in [-0.39, 0.29) is 11.5 Å². The molecular formula is C14H16FN3O2. The van der Waals surface area contributed by atoms with E-state index in [1.807, 2.05) is 6.92 Å². The number of anilines is 1. The van der Waals surface area contributed by atoms with Crippen molar-refractivity contribution in [1.82, 2.24) is 10.1 Å². The van der Waals surface area contributed by atoms with E-state index in [1.54, 1.807) is 6.07 Å². The standard InChI is InChI=1S/C14H16FN3O2/c1-14(6-2-3-7-19-14)13-17-12(20-18-13)10-5-4-9(16)8-11(10)15/h4-5,8H,2-3,6-7,16H2,1H3. The number of nitrogens with two attached hydrogens (primary N) is 1. The summed E-state index contributed by atoms with van der Waals surface area (Å²) < 4.78 is 24.8. The fourth-order valence-corrected chi connectivity index (χ4v) is 2.36. The summed E-state index contributed by atoms with van der Waals surface area (Å²) in [4.78, 5) is 4.28. The molecule has 0 bridgehead atoms. The fraction of sp³-hybridized carbons (Fsp3) is 0.429. The first kappa shape index (κ1) is 13.1. The van der Waals surface area contributed by atoms with E-state index < -0.39 is 11.4 Å². The van der Waals surface area contributed by atoms with Crippen LogP contribution in [0.15, 0.2) is 22.7 Å². The van der Waals surface area contributed by atoms with Gasteiger partial charge in [0, 0.05) is 12.3 Å². The Labute approximate surface area is 115 Å². The van der Waals surface area contributed by atoms with E-state index in [2.05, 4.69) is 10.1 Å². The first-order chi connectivity index (χ1) is 9.58. The van der Waals surface area contributed by atoms with Crippen LogP contribution >= 0.6 is 0 Å². The second-order valence-electron chi connectivity index (χ2n) is 5.20. The SMILES string of the molecule is CC1(c2noc(-c3ccc(N)cc3F)n2)CCCCO1. The van der Waals surface area contributed by atoms with Crippen molar-refractivity contribution in [3.8, 4) is 11.5 Å². The predicted molar refractivity (Wildman–Crippen MR) is 71.3 cm³/mol. The Morgan fingerprint density at radius 3 is 2.90 bits per heavy atom. The maximum atomic E-state index is 13.8. The zero-order chi connectivity index (χ0) is 14.2. The lowest BCUT2D eigenvalue weighted by molar-refractivity contribution is -0.0770. The Hall–Kier alpha value is -1.95. The summed E-state index contributed by atoms with van der Waals surface area (Å²) >= 11 is 0. The van der Waals surface area contributed by atoms with Crippen molar-refractivity contribution >= 4 is 5.69 Å². The summed E-state index contributed by atoms with van der Waals surface area (Å²) in [5.74, 6) is 0.131. The molecule has 106 valence electrons. The summed E-state index contributed by atoms with van der Waals surface area (Å²) in [5, 5.41) is 3.94. The molecular weight excluding hydrogens is 261 g/mol. The zero-order valence-corrected chi connectivity index (χ0v) is 11.2. The minimum absolute atomic E-state index is 0.146. The van der Waals surface area contributed by atoms with Crippen molar-refractivity contribution in [3.05, 3.63) is 29.8 Å². The van der Waals surface area contributed by atoms with Crippen LogP contribution in [0.5, 0.6) is 0 Å². The van der Waals surface area contributed by atoms with Gasteiger partial charge in [0.2, 0.25) is 5.82 Å². The minimum Gasteiger partial charge on any atom is -0.399 e. The summed E-state index contributed by atoms with van der Waals surface area (Å²) in [6.45, 7) is 2.61. The highest BCUT2D eigenvalue weighted by Crippen LogP contribution is 2.34. The summed E-state index contributed by atoms with van der Waals surface area (Å²) in [7, 11) is 0. The number of nitrogen functional groups attached to an aromatic ring is 1. The van der Waals surface area contributed by atoms with Crippen molar-refractivity contribution in [2.45, 2.75) is 31.8 Å². The molecule has 5 nitrogen and oxygen atoms in total. The first-order valence-electron chi connectivity index (χ1n) is 6.62. The fourth-order valence-electron chi connectivity index (χ4n) is 2.36. The summed E-state index contributed by atoms with van der Waals surface area (Å²) in [6, 6.07) is 4.37. The molecule has 0 amide bonds. The normalized spacial score (nSPS) is 22.9. The third kappa shape index (κ3) is 2.27. The second-order valence-corrected chi connectivity index (χ2v) is 5.20. The molecule has 1 aliphatic heterocycles. The van der Waals surface area contributed by atoms with Crippen LogP contribution in [-0.4, -0.2) is 16.7 Å². The smallest absolute Gasteiger partial charge is 0.261 e. The van der Waals surface area contributed by atoms with Crippen LogP contribution in [0.25, 0.3) is 11.5 Å². The number of hydrogen-bond donors (Lipinski definition) is 1. The van der Waals surface area contributed by atoms with Crippen molar-refractivity contribution in [1.29, 1.82) is 0 Å². The molecule has 1 unspecified atom stereocenters. The van der Waals surface area contributed by atoms with E-state index in [0.717, 1.165) is 19.3 Å². The van der Waals surface area contributed by atoms with E-state index in [0.29, 0.717) is 18.1 Å². The van der Waals surface area contributed by atoms with Gasteiger partial charge in [0.25, 0.3) is 5.89 Å². The van der Waals surface area contributed by atoms with Crippen molar-refractivity contribution in [2.24, 2.45) is 0 Å². The van der Waals surface area contributed by atoms with Crippen LogP contribution in [0.2, 0.25) is 0 Å². The van der Waals surface area contributed by atoms with Gasteiger partial charge in [0.15, 0.2) is 0 Å². The number of hydrogen-bond acceptors (Lipinski definition) is 5. The van der Waals surface area contributed by atoms with Crippen molar-refractivity contribution in [3.63, 3.8) is 0 Å². The number of halogens is 1. The van der Waals surface area contributed by atoms with Crippen LogP contribution in [-0.2, 0) is 10.3 Å². The lowest BCUT2D eigenvalue weighted by Gasteiger charge is -2.30. The Balaban J connectivity index is 1.93. The van der Waals surface area contributed by atoms with Gasteiger partial charge in [-0.05, 0) is 44.4 Å². The number of ether oxygens (including phenoxy) is 1. The molecule has 0 spiro atoms. The lowest BCUT2D eigenvalue weighted by atomic mass is 9.95. The Bertz CT molecular complexity index is 621. The zero-order valence-electron chi connectivity index (χ0n) is 11.2. The van der Waals surface area contributed by atoms with Crippen LogP contribution in [0, 0.1) is 5.82 Å². The molecule has 2 aromatic rings. The molecule has 2 heterocycles. The maximum Gasteiger partial charge on any atom is 0.261 e. The highest BCUT2D eigenvalue weighted by atomic mass is 19.1. The largest absolute Gasteiger partial charge is 0.399 e. The molecule has 6 heteroatoms. The van der Waals surface area contributed by atoms with Crippen LogP contribution in [0.3, 0.4) is 0 Å². The highest BCUT2D eigenvalue weighted by Gasteiger charge is 2.35. The molecule has 1 saturated heterocycles. The molecule has 20 heavy (non-hydrogen) atoms. The van der Waals surface area contributed by atoms with Gasteiger partial charge in [-0.2, -0.15) is 4.98 Å². The predicted octanol–water partition coefficient (Wildman–Crippen LogP) is 2.87. The Kier molecular flexibility index (Phi) is 3.17. The molecule has 2 N–H and O–H groups in total. The summed E-state index contributed by atoms with van der Waals surface area (Å²) in [5.41, 5.74) is 5.57. The van der Waals surface area contributed by atoms with E-state index in [4.69, 9.17) is 15.0 Å². The van der Waals surface area contributed by atoms with Gasteiger partial charge in [0.05, 0.1) is 5.56 Å². The van der Waals surface area contributed by atoms with Crippen LogP contribution < -0.4 is 5.73 Å². The van der Waals surface area contributed by atoms with Gasteiger partial charge in [-0.25, -0.2) is 4.39 Å². The van der Waals surface area contributed by atoms with Crippen LogP contribution in [0.4, 0.5) is 10.1 Å². The van der Waals surface area contributed by atoms with Crippen molar-refractivity contribution in [2.75, 3.05) is 12.3 Å². The van der Waals surface area contributed by atoms with E-state index in [1.165, 1.54) is 12.1 Å². The third-order valence-electron chi connectivity index (χ3n) is 3.59. The number of rotatable bonds is 2. The Morgan fingerprint density at radius 1 is 1.35 bits per heavy atom.